The summed E-state index contributed by atoms with van der Waals surface area (Å²) in [5.41, 5.74) is 1.48. The van der Waals surface area contributed by atoms with Gasteiger partial charge in [-0.05, 0) is 59.3 Å². The Kier molecular flexibility index (Phi) is 5.42. The van der Waals surface area contributed by atoms with Crippen molar-refractivity contribution in [2.45, 2.75) is 36.5 Å². The Morgan fingerprint density at radius 1 is 1.08 bits per heavy atom. The molecule has 0 aliphatic carbocycles. The average molecular weight is 571 g/mol. The van der Waals surface area contributed by atoms with Crippen LogP contribution in [0.3, 0.4) is 0 Å². The molecule has 0 aromatic heterocycles. The number of hydrogen-bond donors (Lipinski definition) is 0. The molecule has 0 radical (unpaired) electrons. The summed E-state index contributed by atoms with van der Waals surface area (Å²) in [6.07, 6.45) is -5.21. The molecule has 1 fully saturated rings. The highest BCUT2D eigenvalue weighted by Crippen LogP contribution is 2.57. The molecule has 3 heterocycles. The Labute approximate surface area is 221 Å². The van der Waals surface area contributed by atoms with Gasteiger partial charge in [-0.1, -0.05) is 35.3 Å². The molecular formula is C25H16Cl2F4N2O3S. The second-order valence-corrected chi connectivity index (χ2v) is 11.4. The Morgan fingerprint density at radius 3 is 2.38 bits per heavy atom. The minimum atomic E-state index is -4.72. The number of nitrogens with zero attached hydrogens (tertiary/aromatic N) is 2. The number of anilines is 1. The quantitative estimate of drug-likeness (QED) is 0.178. The molecule has 5 nitrogen and oxygen atoms in total. The fourth-order valence-corrected chi connectivity index (χ4v) is 6.79. The van der Waals surface area contributed by atoms with Gasteiger partial charge in [0.25, 0.3) is 0 Å². The van der Waals surface area contributed by atoms with Gasteiger partial charge in [-0.3, -0.25) is 9.59 Å². The summed E-state index contributed by atoms with van der Waals surface area (Å²) in [6.45, 7) is 2.70. The van der Waals surface area contributed by atoms with Crippen LogP contribution in [0.25, 0.3) is 0 Å². The number of benzene rings is 2. The van der Waals surface area contributed by atoms with Crippen LogP contribution < -0.4 is 15.8 Å². The molecule has 1 unspecified atom stereocenters. The monoisotopic (exact) mass is 570 g/mol. The first-order valence-corrected chi connectivity index (χ1v) is 12.7. The van der Waals surface area contributed by atoms with E-state index in [9.17, 15) is 27.2 Å². The molecule has 6 rings (SSSR count). The van der Waals surface area contributed by atoms with Gasteiger partial charge in [0.1, 0.15) is 5.60 Å². The normalized spacial score (nSPS) is 22.5. The fourth-order valence-electron chi connectivity index (χ4n) is 5.34. The van der Waals surface area contributed by atoms with E-state index >= 15 is 0 Å². The van der Waals surface area contributed by atoms with Gasteiger partial charge in [0.15, 0.2) is 10.6 Å². The van der Waals surface area contributed by atoms with Crippen LogP contribution >= 0.6 is 35.1 Å². The van der Waals surface area contributed by atoms with Crippen molar-refractivity contribution in [3.63, 3.8) is 0 Å². The summed E-state index contributed by atoms with van der Waals surface area (Å²) in [4.78, 5) is 25.3. The van der Waals surface area contributed by atoms with Gasteiger partial charge in [-0.2, -0.15) is 13.2 Å². The Morgan fingerprint density at radius 2 is 1.76 bits per heavy atom. The molecule has 3 aromatic carbocycles. The van der Waals surface area contributed by atoms with Crippen LogP contribution in [-0.4, -0.2) is 25.0 Å². The van der Waals surface area contributed by atoms with E-state index in [1.165, 1.54) is 0 Å². The molecule has 3 aliphatic rings. The average Bonchev–Trinajstić information content (AvgIpc) is 3.45. The zero-order valence-electron chi connectivity index (χ0n) is 19.0. The van der Waals surface area contributed by atoms with Crippen molar-refractivity contribution in [2.75, 3.05) is 18.0 Å². The molecule has 0 N–H and O–H groups in total. The zero-order valence-corrected chi connectivity index (χ0v) is 21.3. The minimum absolute atomic E-state index is 0.234. The first kappa shape index (κ1) is 24.9. The maximum Gasteiger partial charge on any atom is 0.409 e. The Bertz CT molecular complexity index is 1570. The molecule has 37 heavy (non-hydrogen) atoms. The third kappa shape index (κ3) is 3.45. The maximum atomic E-state index is 14.4. The molecule has 1 spiro atoms. The van der Waals surface area contributed by atoms with Gasteiger partial charge in [0.2, 0.25) is 10.9 Å². The lowest BCUT2D eigenvalue weighted by Crippen LogP contribution is -2.62. The third-order valence-corrected chi connectivity index (χ3v) is 9.18. The fraction of sp³-hybridized carbons (Fsp3) is 0.320. The van der Waals surface area contributed by atoms with Crippen molar-refractivity contribution in [3.8, 4) is 0 Å². The van der Waals surface area contributed by atoms with Crippen LogP contribution in [-0.2, 0) is 21.7 Å². The molecule has 0 saturated carbocycles. The first-order chi connectivity index (χ1) is 17.4. The molecule has 12 heteroatoms. The highest BCUT2D eigenvalue weighted by Gasteiger charge is 2.60. The first-order valence-electron chi connectivity index (χ1n) is 11.2. The molecule has 0 amide bonds. The molecule has 3 aliphatic heterocycles. The van der Waals surface area contributed by atoms with E-state index in [0.29, 0.717) is 41.9 Å². The molecule has 1 atom stereocenters. The smallest absolute Gasteiger partial charge is 0.362 e. The predicted molar refractivity (Wildman–Crippen MR) is 134 cm³/mol. The van der Waals surface area contributed by atoms with Crippen molar-refractivity contribution in [2.24, 2.45) is 4.40 Å². The number of halogens is 6. The van der Waals surface area contributed by atoms with Crippen LogP contribution in [0.4, 0.5) is 23.2 Å². The lowest BCUT2D eigenvalue weighted by molar-refractivity contribution is -0.159. The molecule has 192 valence electrons. The van der Waals surface area contributed by atoms with Crippen molar-refractivity contribution in [1.82, 2.24) is 0 Å². The summed E-state index contributed by atoms with van der Waals surface area (Å²) in [5, 5.41) is -0.984. The number of alkyl halides is 3. The van der Waals surface area contributed by atoms with Gasteiger partial charge in [-0.15, -0.1) is 0 Å². The number of rotatable bonds is 3. The third-order valence-electron chi connectivity index (χ3n) is 7.40. The van der Waals surface area contributed by atoms with Gasteiger partial charge in [-0.25, -0.2) is 8.79 Å². The van der Waals surface area contributed by atoms with Gasteiger partial charge >= 0.3 is 6.18 Å². The second-order valence-electron chi connectivity index (χ2n) is 9.53. The Hall–Kier alpha value is -2.40. The van der Waals surface area contributed by atoms with Crippen molar-refractivity contribution >= 4 is 46.5 Å². The van der Waals surface area contributed by atoms with Crippen LogP contribution in [0.15, 0.2) is 44.3 Å². The summed E-state index contributed by atoms with van der Waals surface area (Å²) in [6, 6.07) is 7.18. The summed E-state index contributed by atoms with van der Waals surface area (Å²) in [7, 11) is 0. The van der Waals surface area contributed by atoms with Crippen LogP contribution in [0, 0.1) is 12.7 Å². The van der Waals surface area contributed by atoms with Crippen LogP contribution in [0.1, 0.15) is 34.2 Å². The summed E-state index contributed by atoms with van der Waals surface area (Å²) < 4.78 is 64.9. The SMILES string of the molecule is Cc1c(N2CC3(C2)OCc2cc(C4=NSC(c5cc(Cl)c(F)c(Cl)c5)(C(F)(F)F)C4)ccc23)c(=O)c1=O. The standard InChI is InChI=1S/C25H16Cl2F4N2O3S/c1-11-20(22(35)21(11)34)33-9-23(10-33)15-3-2-12(4-13(15)8-36-23)18-7-24(37-32-18,25(29,30)31)14-5-16(26)19(28)17(27)6-14/h2-6H,7-10H2,1H3. The van der Waals surface area contributed by atoms with Crippen molar-refractivity contribution in [1.29, 1.82) is 0 Å². The zero-order chi connectivity index (χ0) is 26.5. The highest BCUT2D eigenvalue weighted by molar-refractivity contribution is 7.99. The maximum absolute atomic E-state index is 14.4. The van der Waals surface area contributed by atoms with Crippen molar-refractivity contribution in [3.05, 3.63) is 94.5 Å². The second kappa shape index (κ2) is 8.05. The van der Waals surface area contributed by atoms with Crippen LogP contribution in [0.2, 0.25) is 10.0 Å². The summed E-state index contributed by atoms with van der Waals surface area (Å²) >= 11 is 12.0. The van der Waals surface area contributed by atoms with E-state index in [0.717, 1.165) is 23.3 Å². The van der Waals surface area contributed by atoms with E-state index in [-0.39, 0.29) is 17.9 Å². The molecule has 0 bridgehead atoms. The predicted octanol–water partition coefficient (Wildman–Crippen LogP) is 5.58. The largest absolute Gasteiger partial charge is 0.409 e. The van der Waals surface area contributed by atoms with Crippen LogP contribution in [0.5, 0.6) is 0 Å². The van der Waals surface area contributed by atoms with Gasteiger partial charge in [0.05, 0.1) is 41.1 Å². The Balaban J connectivity index is 1.27. The van der Waals surface area contributed by atoms with Crippen molar-refractivity contribution < 1.29 is 22.3 Å². The lowest BCUT2D eigenvalue weighted by Gasteiger charge is -2.49. The number of hydrogen-bond acceptors (Lipinski definition) is 6. The number of fused-ring (bicyclic) bond motifs is 2. The van der Waals surface area contributed by atoms with E-state index in [2.05, 4.69) is 4.40 Å². The van der Waals surface area contributed by atoms with E-state index in [4.69, 9.17) is 27.9 Å². The van der Waals surface area contributed by atoms with Gasteiger partial charge in [0, 0.05) is 12.0 Å². The molecule has 3 aromatic rings. The molecule has 1 saturated heterocycles. The lowest BCUT2D eigenvalue weighted by atomic mass is 9.82. The highest BCUT2D eigenvalue weighted by atomic mass is 35.5. The topological polar surface area (TPSA) is 59.0 Å². The van der Waals surface area contributed by atoms with E-state index < -0.39 is 49.7 Å². The van der Waals surface area contributed by atoms with E-state index in [1.54, 1.807) is 19.1 Å². The number of ether oxygens (including phenoxy) is 1. The van der Waals surface area contributed by atoms with Gasteiger partial charge < -0.3 is 9.64 Å². The minimum Gasteiger partial charge on any atom is -0.362 e. The summed E-state index contributed by atoms with van der Waals surface area (Å²) in [5.74, 6) is -0.976. The molecular weight excluding hydrogens is 555 g/mol. The van der Waals surface area contributed by atoms with E-state index in [1.807, 2.05) is 11.0 Å².